The largest absolute Gasteiger partial charge is 0.322 e. The minimum atomic E-state index is -1.94. The Morgan fingerprint density at radius 2 is 1.71 bits per heavy atom. The highest BCUT2D eigenvalue weighted by molar-refractivity contribution is 9.10. The van der Waals surface area contributed by atoms with Gasteiger partial charge in [-0.05, 0) is 24.3 Å². The number of rotatable bonds is 1. The monoisotopic (exact) mass is 315 g/mol. The maximum absolute atomic E-state index is 11.2. The van der Waals surface area contributed by atoms with Crippen LogP contribution in [-0.4, -0.2) is 9.70 Å². The molecule has 0 radical (unpaired) electrons. The van der Waals surface area contributed by atoms with Crippen LogP contribution in [0.1, 0.15) is 0 Å². The molecule has 1 rings (SSSR count). The molecule has 0 aliphatic heterocycles. The fraction of sp³-hybridized carbons (Fsp3) is 0.125. The van der Waals surface area contributed by atoms with Gasteiger partial charge in [-0.1, -0.05) is 50.7 Å². The summed E-state index contributed by atoms with van der Waals surface area (Å²) in [5, 5.41) is 2.45. The van der Waals surface area contributed by atoms with Crippen LogP contribution in [0.5, 0.6) is 0 Å². The molecule has 1 aromatic carbocycles. The van der Waals surface area contributed by atoms with Gasteiger partial charge < -0.3 is 5.32 Å². The molecular weight excluding hydrogens is 312 g/mol. The van der Waals surface area contributed by atoms with E-state index in [0.717, 1.165) is 4.47 Å². The molecule has 1 aromatic rings. The first-order valence-corrected chi connectivity index (χ1v) is 5.46. The molecule has 0 saturated carbocycles. The van der Waals surface area contributed by atoms with Gasteiger partial charge in [-0.15, -0.1) is 0 Å². The average Bonchev–Trinajstić information content (AvgIpc) is 2.07. The van der Waals surface area contributed by atoms with E-state index in [9.17, 15) is 4.79 Å². The normalized spacial score (nSPS) is 11.1. The van der Waals surface area contributed by atoms with Crippen LogP contribution in [0.15, 0.2) is 28.7 Å². The average molecular weight is 317 g/mol. The molecule has 0 heterocycles. The van der Waals surface area contributed by atoms with Crippen molar-refractivity contribution in [2.45, 2.75) is 3.79 Å². The molecule has 0 bridgehead atoms. The van der Waals surface area contributed by atoms with E-state index >= 15 is 0 Å². The zero-order chi connectivity index (χ0) is 10.8. The first-order chi connectivity index (χ1) is 6.39. The van der Waals surface area contributed by atoms with E-state index in [0.29, 0.717) is 5.69 Å². The summed E-state index contributed by atoms with van der Waals surface area (Å²) in [5.41, 5.74) is 0.574. The number of hydrogen-bond donors (Lipinski definition) is 1. The first-order valence-electron chi connectivity index (χ1n) is 3.53. The Kier molecular flexibility index (Phi) is 4.07. The molecule has 0 fully saturated rings. The zero-order valence-electron chi connectivity index (χ0n) is 6.73. The summed E-state index contributed by atoms with van der Waals surface area (Å²) in [5.74, 6) is -0.676. The SMILES string of the molecule is O=C(Nc1ccc(Br)cc1)C(Cl)(Cl)Cl. The summed E-state index contributed by atoms with van der Waals surface area (Å²) in [7, 11) is 0. The number of nitrogens with one attached hydrogen (secondary N) is 1. The van der Waals surface area contributed by atoms with Crippen LogP contribution < -0.4 is 5.32 Å². The fourth-order valence-corrected chi connectivity index (χ4v) is 1.14. The van der Waals surface area contributed by atoms with Gasteiger partial charge in [0.2, 0.25) is 0 Å². The van der Waals surface area contributed by atoms with Gasteiger partial charge in [0, 0.05) is 10.2 Å². The van der Waals surface area contributed by atoms with E-state index in [-0.39, 0.29) is 0 Å². The van der Waals surface area contributed by atoms with Crippen LogP contribution in [0.2, 0.25) is 0 Å². The molecule has 2 nitrogen and oxygen atoms in total. The van der Waals surface area contributed by atoms with Gasteiger partial charge in [0.25, 0.3) is 9.70 Å². The minimum absolute atomic E-state index is 0.574. The maximum Gasteiger partial charge on any atom is 0.276 e. The second-order valence-corrected chi connectivity index (χ2v) is 5.66. The molecule has 6 heteroatoms. The topological polar surface area (TPSA) is 29.1 Å². The Bertz CT molecular complexity index is 333. The first kappa shape index (κ1) is 12.1. The van der Waals surface area contributed by atoms with Crippen molar-refractivity contribution in [3.8, 4) is 0 Å². The lowest BCUT2D eigenvalue weighted by molar-refractivity contribution is -0.115. The summed E-state index contributed by atoms with van der Waals surface area (Å²) < 4.78 is -1.03. The third-order valence-electron chi connectivity index (χ3n) is 1.36. The van der Waals surface area contributed by atoms with Crippen LogP contribution in [0.25, 0.3) is 0 Å². The van der Waals surface area contributed by atoms with Crippen LogP contribution in [0, 0.1) is 0 Å². The van der Waals surface area contributed by atoms with Crippen molar-refractivity contribution in [1.29, 1.82) is 0 Å². The molecule has 0 spiro atoms. The molecule has 0 unspecified atom stereocenters. The number of anilines is 1. The van der Waals surface area contributed by atoms with Gasteiger partial charge in [0.15, 0.2) is 0 Å². The summed E-state index contributed by atoms with van der Waals surface area (Å²) >= 11 is 19.4. The van der Waals surface area contributed by atoms with Crippen molar-refractivity contribution in [1.82, 2.24) is 0 Å². The Hall–Kier alpha value is 0.0400. The second-order valence-electron chi connectivity index (χ2n) is 2.46. The number of amides is 1. The van der Waals surface area contributed by atoms with Crippen LogP contribution in [0.3, 0.4) is 0 Å². The van der Waals surface area contributed by atoms with Crippen LogP contribution in [-0.2, 0) is 4.79 Å². The maximum atomic E-state index is 11.2. The van der Waals surface area contributed by atoms with Crippen molar-refractivity contribution in [3.63, 3.8) is 0 Å². The van der Waals surface area contributed by atoms with Crippen molar-refractivity contribution in [2.24, 2.45) is 0 Å². The zero-order valence-corrected chi connectivity index (χ0v) is 10.6. The third kappa shape index (κ3) is 3.65. The standard InChI is InChI=1S/C8H5BrCl3NO/c9-5-1-3-6(4-2-5)13-7(14)8(10,11)12/h1-4H,(H,13,14). The number of hydrogen-bond acceptors (Lipinski definition) is 1. The Balaban J connectivity index is 2.71. The van der Waals surface area contributed by atoms with Gasteiger partial charge in [0.05, 0.1) is 0 Å². The number of benzene rings is 1. The molecule has 76 valence electrons. The van der Waals surface area contributed by atoms with Crippen molar-refractivity contribution in [3.05, 3.63) is 28.7 Å². The van der Waals surface area contributed by atoms with Crippen molar-refractivity contribution < 1.29 is 4.79 Å². The lowest BCUT2D eigenvalue weighted by atomic mass is 10.3. The smallest absolute Gasteiger partial charge is 0.276 e. The molecule has 0 saturated heterocycles. The Morgan fingerprint density at radius 3 is 2.14 bits per heavy atom. The quantitative estimate of drug-likeness (QED) is 0.785. The molecule has 0 aliphatic carbocycles. The fourth-order valence-electron chi connectivity index (χ4n) is 0.735. The summed E-state index contributed by atoms with van der Waals surface area (Å²) in [6.45, 7) is 0. The molecule has 1 N–H and O–H groups in total. The third-order valence-corrected chi connectivity index (χ3v) is 2.40. The highest BCUT2D eigenvalue weighted by Crippen LogP contribution is 2.27. The number of halogens is 4. The highest BCUT2D eigenvalue weighted by atomic mass is 79.9. The number of carbonyl (C=O) groups excluding carboxylic acids is 1. The summed E-state index contributed by atoms with van der Waals surface area (Å²) in [6.07, 6.45) is 0. The highest BCUT2D eigenvalue weighted by Gasteiger charge is 2.30. The van der Waals surface area contributed by atoms with E-state index in [1.54, 1.807) is 24.3 Å². The van der Waals surface area contributed by atoms with Crippen LogP contribution in [0.4, 0.5) is 5.69 Å². The van der Waals surface area contributed by atoms with E-state index in [1.807, 2.05) is 0 Å². The number of carbonyl (C=O) groups is 1. The molecule has 0 aromatic heterocycles. The Morgan fingerprint density at radius 1 is 1.21 bits per heavy atom. The van der Waals surface area contributed by atoms with Gasteiger partial charge >= 0.3 is 0 Å². The van der Waals surface area contributed by atoms with E-state index in [2.05, 4.69) is 21.2 Å². The molecule has 14 heavy (non-hydrogen) atoms. The van der Waals surface area contributed by atoms with Gasteiger partial charge in [0.1, 0.15) is 0 Å². The molecule has 0 aliphatic rings. The molecule has 0 atom stereocenters. The summed E-state index contributed by atoms with van der Waals surface area (Å²) in [4.78, 5) is 11.2. The van der Waals surface area contributed by atoms with Gasteiger partial charge in [-0.2, -0.15) is 0 Å². The predicted octanol–water partition coefficient (Wildman–Crippen LogP) is 3.76. The van der Waals surface area contributed by atoms with Crippen molar-refractivity contribution in [2.75, 3.05) is 5.32 Å². The molecule has 1 amide bonds. The van der Waals surface area contributed by atoms with E-state index < -0.39 is 9.70 Å². The Labute approximate surface area is 105 Å². The lowest BCUT2D eigenvalue weighted by Gasteiger charge is -2.10. The lowest BCUT2D eigenvalue weighted by Crippen LogP contribution is -2.26. The van der Waals surface area contributed by atoms with Crippen LogP contribution >= 0.6 is 50.7 Å². The molecular formula is C8H5BrCl3NO. The predicted molar refractivity (Wildman–Crippen MR) is 63.1 cm³/mol. The van der Waals surface area contributed by atoms with E-state index in [4.69, 9.17) is 34.8 Å². The summed E-state index contributed by atoms with van der Waals surface area (Å²) in [6, 6.07) is 6.93. The number of alkyl halides is 3. The van der Waals surface area contributed by atoms with Gasteiger partial charge in [-0.3, -0.25) is 4.79 Å². The van der Waals surface area contributed by atoms with E-state index in [1.165, 1.54) is 0 Å². The second kappa shape index (κ2) is 4.71. The van der Waals surface area contributed by atoms with Crippen molar-refractivity contribution >= 4 is 62.3 Å². The minimum Gasteiger partial charge on any atom is -0.322 e. The van der Waals surface area contributed by atoms with Gasteiger partial charge in [-0.25, -0.2) is 0 Å².